The number of hydrogen-bond donors (Lipinski definition) is 0. The zero-order valence-electron chi connectivity index (χ0n) is 27.4. The predicted molar refractivity (Wildman–Crippen MR) is 178 cm³/mol. The van der Waals surface area contributed by atoms with Crippen molar-refractivity contribution in [3.63, 3.8) is 0 Å². The van der Waals surface area contributed by atoms with Gasteiger partial charge in [-0.05, 0) is 94.8 Å². The first-order valence-electron chi connectivity index (χ1n) is 16.4. The quantitative estimate of drug-likeness (QED) is 0.326. The van der Waals surface area contributed by atoms with E-state index >= 15 is 0 Å². The Bertz CT molecular complexity index is 1500. The molecule has 236 valence electrons. The number of piperazine rings is 1. The van der Waals surface area contributed by atoms with Crippen LogP contribution in [0.5, 0.6) is 0 Å². The summed E-state index contributed by atoms with van der Waals surface area (Å²) in [5.74, 6) is 1.54. The van der Waals surface area contributed by atoms with Crippen molar-refractivity contribution in [1.82, 2.24) is 19.4 Å². The summed E-state index contributed by atoms with van der Waals surface area (Å²) in [6.07, 6.45) is 4.70. The number of hydrogen-bond acceptors (Lipinski definition) is 6. The highest BCUT2D eigenvalue weighted by Crippen LogP contribution is 2.37. The Hall–Kier alpha value is -3.36. The van der Waals surface area contributed by atoms with Gasteiger partial charge in [-0.3, -0.25) is 4.90 Å². The lowest BCUT2D eigenvalue weighted by atomic mass is 9.94. The maximum Gasteiger partial charge on any atom is 0.410 e. The van der Waals surface area contributed by atoms with Crippen LogP contribution in [0.15, 0.2) is 42.5 Å². The van der Waals surface area contributed by atoms with Crippen molar-refractivity contribution >= 4 is 28.4 Å². The fourth-order valence-electron chi connectivity index (χ4n) is 6.80. The largest absolute Gasteiger partial charge is 0.444 e. The second-order valence-electron chi connectivity index (χ2n) is 13.9. The number of benzene rings is 2. The molecule has 44 heavy (non-hydrogen) atoms. The molecule has 0 unspecified atom stereocenters. The number of carbonyl (C=O) groups excluding carboxylic acids is 1. The standard InChI is InChI=1S/C36H49N5O3/c1-25(2)39-17-19-40(20-18-39)30-9-7-26(8-10-30)29-23-31(27-11-15-41(16-12-27)35(42)44-36(3,4)5)33-32(24-29)38(6)34(37-33)28-13-21-43-22-14-28/h7-11,23-25,28H,12-22H2,1-6H3. The molecule has 0 atom stereocenters. The van der Waals surface area contributed by atoms with Gasteiger partial charge in [0.1, 0.15) is 11.4 Å². The van der Waals surface area contributed by atoms with Crippen molar-refractivity contribution < 1.29 is 14.3 Å². The summed E-state index contributed by atoms with van der Waals surface area (Å²) in [6.45, 7) is 17.4. The van der Waals surface area contributed by atoms with Crippen molar-refractivity contribution in [3.05, 3.63) is 53.9 Å². The lowest BCUT2D eigenvalue weighted by molar-refractivity contribution is 0.0270. The average Bonchev–Trinajstić information content (AvgIpc) is 3.36. The highest BCUT2D eigenvalue weighted by atomic mass is 16.6. The maximum absolute atomic E-state index is 12.8. The summed E-state index contributed by atoms with van der Waals surface area (Å²) in [4.78, 5) is 24.9. The van der Waals surface area contributed by atoms with Gasteiger partial charge in [-0.2, -0.15) is 0 Å². The van der Waals surface area contributed by atoms with E-state index in [-0.39, 0.29) is 6.09 Å². The second kappa shape index (κ2) is 12.6. The van der Waals surface area contributed by atoms with E-state index in [2.05, 4.69) is 77.7 Å². The molecule has 0 spiro atoms. The highest BCUT2D eigenvalue weighted by molar-refractivity contribution is 5.94. The van der Waals surface area contributed by atoms with Crippen molar-refractivity contribution in [2.75, 3.05) is 57.4 Å². The van der Waals surface area contributed by atoms with Crippen molar-refractivity contribution in [2.24, 2.45) is 7.05 Å². The Morgan fingerprint density at radius 2 is 1.68 bits per heavy atom. The summed E-state index contributed by atoms with van der Waals surface area (Å²) in [5.41, 5.74) is 7.81. The van der Waals surface area contributed by atoms with Crippen LogP contribution in [0.25, 0.3) is 27.7 Å². The van der Waals surface area contributed by atoms with Crippen LogP contribution < -0.4 is 4.90 Å². The number of imidazole rings is 1. The molecule has 0 radical (unpaired) electrons. The molecule has 4 heterocycles. The number of amides is 1. The molecule has 8 nitrogen and oxygen atoms in total. The molecule has 0 saturated carbocycles. The number of nitrogens with zero attached hydrogens (tertiary/aromatic N) is 5. The molecule has 3 aliphatic rings. The van der Waals surface area contributed by atoms with Gasteiger partial charge in [-0.25, -0.2) is 9.78 Å². The molecule has 6 rings (SSSR count). The summed E-state index contributed by atoms with van der Waals surface area (Å²) < 4.78 is 13.6. The third kappa shape index (κ3) is 6.52. The van der Waals surface area contributed by atoms with Gasteiger partial charge in [0.05, 0.1) is 11.0 Å². The third-order valence-corrected chi connectivity index (χ3v) is 9.42. The Labute approximate surface area is 262 Å². The van der Waals surface area contributed by atoms with Gasteiger partial charge < -0.3 is 23.8 Å². The number of anilines is 1. The van der Waals surface area contributed by atoms with E-state index in [0.29, 0.717) is 25.0 Å². The number of fused-ring (bicyclic) bond motifs is 1. The van der Waals surface area contributed by atoms with E-state index < -0.39 is 5.60 Å². The van der Waals surface area contributed by atoms with Crippen LogP contribution in [-0.2, 0) is 16.5 Å². The number of aryl methyl sites for hydroxylation is 1. The van der Waals surface area contributed by atoms with Crippen LogP contribution in [0.2, 0.25) is 0 Å². The molecule has 1 amide bonds. The molecule has 3 aromatic rings. The summed E-state index contributed by atoms with van der Waals surface area (Å²) in [5, 5.41) is 0. The van der Waals surface area contributed by atoms with Gasteiger partial charge in [0.25, 0.3) is 0 Å². The van der Waals surface area contributed by atoms with Crippen LogP contribution in [0.1, 0.15) is 71.2 Å². The van der Waals surface area contributed by atoms with Gasteiger partial charge in [-0.1, -0.05) is 18.2 Å². The first-order valence-corrected chi connectivity index (χ1v) is 16.4. The lowest BCUT2D eigenvalue weighted by Gasteiger charge is -2.38. The van der Waals surface area contributed by atoms with E-state index in [1.807, 2.05) is 20.8 Å². The highest BCUT2D eigenvalue weighted by Gasteiger charge is 2.27. The zero-order chi connectivity index (χ0) is 31.0. The van der Waals surface area contributed by atoms with Crippen molar-refractivity contribution in [3.8, 4) is 11.1 Å². The number of ether oxygens (including phenoxy) is 2. The molecule has 2 aromatic carbocycles. The monoisotopic (exact) mass is 599 g/mol. The Morgan fingerprint density at radius 1 is 0.977 bits per heavy atom. The third-order valence-electron chi connectivity index (χ3n) is 9.42. The molecule has 0 aliphatic carbocycles. The first-order chi connectivity index (χ1) is 21.1. The number of aromatic nitrogens is 2. The number of rotatable bonds is 5. The van der Waals surface area contributed by atoms with Crippen molar-refractivity contribution in [2.45, 2.75) is 71.4 Å². The molecule has 3 aliphatic heterocycles. The number of carbonyl (C=O) groups is 1. The van der Waals surface area contributed by atoms with Crippen LogP contribution >= 0.6 is 0 Å². The molecule has 1 aromatic heterocycles. The van der Waals surface area contributed by atoms with Gasteiger partial charge in [0.2, 0.25) is 0 Å². The smallest absolute Gasteiger partial charge is 0.410 e. The SMILES string of the molecule is CC(C)N1CCN(c2ccc(-c3cc(C4=CCN(C(=O)OC(C)(C)C)CC4)c4nc(C5CCOCC5)n(C)c4c3)cc2)CC1. The lowest BCUT2D eigenvalue weighted by Crippen LogP contribution is -2.48. The molecule has 0 N–H and O–H groups in total. The van der Waals surface area contributed by atoms with Gasteiger partial charge >= 0.3 is 6.09 Å². The topological polar surface area (TPSA) is 63.1 Å². The molecule has 2 saturated heterocycles. The summed E-state index contributed by atoms with van der Waals surface area (Å²) in [6, 6.07) is 14.3. The molecule has 8 heteroatoms. The minimum absolute atomic E-state index is 0.253. The molecule has 2 fully saturated rings. The van der Waals surface area contributed by atoms with E-state index in [0.717, 1.165) is 75.5 Å². The fraction of sp³-hybridized carbons (Fsp3) is 0.556. The van der Waals surface area contributed by atoms with Crippen molar-refractivity contribution in [1.29, 1.82) is 0 Å². The van der Waals surface area contributed by atoms with Gasteiger partial charge in [-0.15, -0.1) is 0 Å². The Kier molecular flexibility index (Phi) is 8.75. The molecular formula is C36H49N5O3. The van der Waals surface area contributed by atoms with Crippen LogP contribution in [0.3, 0.4) is 0 Å². The minimum Gasteiger partial charge on any atom is -0.444 e. The average molecular weight is 600 g/mol. The van der Waals surface area contributed by atoms with Crippen LogP contribution in [-0.4, -0.2) is 89.6 Å². The van der Waals surface area contributed by atoms with Crippen LogP contribution in [0, 0.1) is 0 Å². The summed E-state index contributed by atoms with van der Waals surface area (Å²) >= 11 is 0. The minimum atomic E-state index is -0.506. The van der Waals surface area contributed by atoms with E-state index in [9.17, 15) is 4.79 Å². The maximum atomic E-state index is 12.8. The van der Waals surface area contributed by atoms with E-state index in [1.165, 1.54) is 28.0 Å². The first kappa shape index (κ1) is 30.7. The molecular weight excluding hydrogens is 550 g/mol. The van der Waals surface area contributed by atoms with Gasteiger partial charge in [0, 0.05) is 82.7 Å². The van der Waals surface area contributed by atoms with E-state index in [1.54, 1.807) is 4.90 Å². The molecule has 0 bridgehead atoms. The summed E-state index contributed by atoms with van der Waals surface area (Å²) in [7, 11) is 2.16. The second-order valence-corrected chi connectivity index (χ2v) is 13.9. The normalized spacial score (nSPS) is 19.1. The Balaban J connectivity index is 1.32. The zero-order valence-corrected chi connectivity index (χ0v) is 27.4. The predicted octanol–water partition coefficient (Wildman–Crippen LogP) is 6.69. The van der Waals surface area contributed by atoms with Crippen LogP contribution in [0.4, 0.5) is 10.5 Å². The Morgan fingerprint density at radius 3 is 2.30 bits per heavy atom. The fourth-order valence-corrected chi connectivity index (χ4v) is 6.80. The van der Waals surface area contributed by atoms with Gasteiger partial charge in [0.15, 0.2) is 0 Å². The van der Waals surface area contributed by atoms with E-state index in [4.69, 9.17) is 14.5 Å².